The summed E-state index contributed by atoms with van der Waals surface area (Å²) in [5.74, 6) is 0. The highest BCUT2D eigenvalue weighted by atomic mass is 14.1. The molecule has 0 atom stereocenters. The van der Waals surface area contributed by atoms with Gasteiger partial charge >= 0.3 is 0 Å². The van der Waals surface area contributed by atoms with Crippen LogP contribution in [0.25, 0.3) is 0 Å². The summed E-state index contributed by atoms with van der Waals surface area (Å²) in [5.41, 5.74) is 3.72. The van der Waals surface area contributed by atoms with E-state index in [9.17, 15) is 0 Å². The highest BCUT2D eigenvalue weighted by molar-refractivity contribution is 5.37. The molecular weight excluding hydrogens is 180 g/mol. The Morgan fingerprint density at radius 2 is 1.40 bits per heavy atom. The normalized spacial score (nSPS) is 10.6. The van der Waals surface area contributed by atoms with Crippen LogP contribution in [-0.2, 0) is 12.8 Å². The lowest BCUT2D eigenvalue weighted by Crippen LogP contribution is -1.96. The third-order valence-electron chi connectivity index (χ3n) is 2.89. The molecule has 0 spiro atoms. The largest absolute Gasteiger partial charge is 0.0654 e. The number of unbranched alkanes of at least 4 members (excludes halogenated alkanes) is 2. The average Bonchev–Trinajstić information content (AvgIpc) is 2.26. The smallest absolute Gasteiger partial charge is 0.000618 e. The molecule has 0 heterocycles. The van der Waals surface area contributed by atoms with Gasteiger partial charge in [0.2, 0.25) is 0 Å². The zero-order valence-corrected chi connectivity index (χ0v) is 10.1. The Balaban J connectivity index is 2.71. The van der Waals surface area contributed by atoms with Crippen LogP contribution in [0.15, 0.2) is 18.2 Å². The summed E-state index contributed by atoms with van der Waals surface area (Å²) in [4.78, 5) is 0. The average molecular weight is 202 g/mol. The quantitative estimate of drug-likeness (QED) is 0.640. The van der Waals surface area contributed by atoms with Crippen molar-refractivity contribution in [3.8, 4) is 0 Å². The molecule has 0 N–H and O–H groups in total. The fourth-order valence-electron chi connectivity index (χ4n) is 1.84. The summed E-state index contributed by atoms with van der Waals surface area (Å²) in [6.07, 6.45) is 7.20. The highest BCUT2D eigenvalue weighted by Gasteiger charge is 2.03. The van der Waals surface area contributed by atoms with E-state index < -0.39 is 0 Å². The first-order valence-electron chi connectivity index (χ1n) is 6.15. The molecule has 0 aliphatic rings. The number of hydrogen-bond donors (Lipinski definition) is 0. The van der Waals surface area contributed by atoms with E-state index in [1.807, 2.05) is 0 Å². The van der Waals surface area contributed by atoms with Crippen molar-refractivity contribution in [3.05, 3.63) is 41.8 Å². The van der Waals surface area contributed by atoms with Crippen LogP contribution in [0, 0.1) is 6.92 Å². The monoisotopic (exact) mass is 202 g/mol. The van der Waals surface area contributed by atoms with E-state index in [-0.39, 0.29) is 0 Å². The van der Waals surface area contributed by atoms with Crippen molar-refractivity contribution in [2.24, 2.45) is 0 Å². The zero-order valence-electron chi connectivity index (χ0n) is 10.1. The van der Waals surface area contributed by atoms with E-state index in [1.165, 1.54) is 36.8 Å². The van der Waals surface area contributed by atoms with E-state index in [1.54, 1.807) is 0 Å². The second kappa shape index (κ2) is 6.66. The van der Waals surface area contributed by atoms with Gasteiger partial charge in [0.15, 0.2) is 0 Å². The topological polar surface area (TPSA) is 0 Å². The van der Waals surface area contributed by atoms with Crippen molar-refractivity contribution >= 4 is 0 Å². The van der Waals surface area contributed by atoms with E-state index in [2.05, 4.69) is 32.0 Å². The van der Waals surface area contributed by atoms with Crippen LogP contribution in [0.2, 0.25) is 0 Å². The second-order valence-electron chi connectivity index (χ2n) is 4.20. The van der Waals surface area contributed by atoms with Gasteiger partial charge in [-0.15, -0.1) is 0 Å². The minimum Gasteiger partial charge on any atom is -0.0654 e. The fourth-order valence-corrected chi connectivity index (χ4v) is 1.84. The Bertz CT molecular complexity index is 260. The predicted molar refractivity (Wildman–Crippen MR) is 67.1 cm³/mol. The standard InChI is InChI=1S/C15H22/c1-4-6-9-14-11-8-12-15(13(14)3)10-7-5-2/h3,8,11-12H,4-7,9-10H2,1-2H3. The van der Waals surface area contributed by atoms with Gasteiger partial charge in [-0.25, -0.2) is 0 Å². The number of hydrogen-bond acceptors (Lipinski definition) is 0. The molecule has 0 unspecified atom stereocenters. The molecule has 0 amide bonds. The van der Waals surface area contributed by atoms with Crippen molar-refractivity contribution < 1.29 is 0 Å². The molecule has 1 aromatic carbocycles. The lowest BCUT2D eigenvalue weighted by Gasteiger charge is -2.10. The van der Waals surface area contributed by atoms with E-state index >= 15 is 0 Å². The van der Waals surface area contributed by atoms with E-state index in [0.29, 0.717) is 0 Å². The van der Waals surface area contributed by atoms with Crippen LogP contribution in [-0.4, -0.2) is 0 Å². The molecule has 1 aromatic rings. The molecule has 0 heteroatoms. The van der Waals surface area contributed by atoms with Crippen molar-refractivity contribution in [2.45, 2.75) is 52.4 Å². The fraction of sp³-hybridized carbons (Fsp3) is 0.533. The first-order valence-corrected chi connectivity index (χ1v) is 6.15. The molecule has 1 rings (SSSR count). The summed E-state index contributed by atoms with van der Waals surface area (Å²) < 4.78 is 0. The zero-order chi connectivity index (χ0) is 11.1. The molecule has 2 radical (unpaired) electrons. The Hall–Kier alpha value is -0.780. The molecule has 0 aromatic heterocycles. The Morgan fingerprint density at radius 3 is 1.80 bits per heavy atom. The van der Waals surface area contributed by atoms with Crippen LogP contribution in [0.4, 0.5) is 0 Å². The van der Waals surface area contributed by atoms with Gasteiger partial charge < -0.3 is 0 Å². The van der Waals surface area contributed by atoms with E-state index in [0.717, 1.165) is 18.4 Å². The summed E-state index contributed by atoms with van der Waals surface area (Å²) in [7, 11) is 0. The van der Waals surface area contributed by atoms with Gasteiger partial charge in [-0.3, -0.25) is 0 Å². The molecule has 0 saturated heterocycles. The van der Waals surface area contributed by atoms with Crippen molar-refractivity contribution in [1.29, 1.82) is 0 Å². The van der Waals surface area contributed by atoms with Crippen LogP contribution >= 0.6 is 0 Å². The lowest BCUT2D eigenvalue weighted by atomic mass is 9.95. The van der Waals surface area contributed by atoms with Crippen molar-refractivity contribution in [3.63, 3.8) is 0 Å². The van der Waals surface area contributed by atoms with Crippen LogP contribution in [0.1, 0.15) is 56.2 Å². The Kier molecular flexibility index (Phi) is 5.45. The first-order chi connectivity index (χ1) is 7.29. The lowest BCUT2D eigenvalue weighted by molar-refractivity contribution is 0.777. The first kappa shape index (κ1) is 12.3. The minimum absolute atomic E-state index is 1.04. The highest BCUT2D eigenvalue weighted by Crippen LogP contribution is 2.17. The van der Waals surface area contributed by atoms with Gasteiger partial charge in [-0.1, -0.05) is 44.9 Å². The molecule has 0 saturated carbocycles. The summed E-state index contributed by atoms with van der Waals surface area (Å²) in [6, 6.07) is 6.48. The maximum atomic E-state index is 6.16. The molecular formula is C15H22. The molecule has 0 bridgehead atoms. The molecule has 82 valence electrons. The van der Waals surface area contributed by atoms with E-state index in [4.69, 9.17) is 6.92 Å². The van der Waals surface area contributed by atoms with Crippen LogP contribution in [0.5, 0.6) is 0 Å². The van der Waals surface area contributed by atoms with Crippen LogP contribution < -0.4 is 0 Å². The SMILES string of the molecule is [CH]c1c(CCCC)cccc1CCCC. The number of benzene rings is 1. The van der Waals surface area contributed by atoms with Crippen LogP contribution in [0.3, 0.4) is 0 Å². The minimum atomic E-state index is 1.04. The molecule has 0 nitrogen and oxygen atoms in total. The Labute approximate surface area is 94.7 Å². The summed E-state index contributed by atoms with van der Waals surface area (Å²) in [5, 5.41) is 0. The third-order valence-corrected chi connectivity index (χ3v) is 2.89. The molecule has 0 aliphatic carbocycles. The van der Waals surface area contributed by atoms with Gasteiger partial charge in [0.25, 0.3) is 0 Å². The molecule has 15 heavy (non-hydrogen) atoms. The van der Waals surface area contributed by atoms with Gasteiger partial charge in [-0.05, 0) is 49.3 Å². The predicted octanol–water partition coefficient (Wildman–Crippen LogP) is 4.43. The van der Waals surface area contributed by atoms with Crippen molar-refractivity contribution in [2.75, 3.05) is 0 Å². The van der Waals surface area contributed by atoms with Gasteiger partial charge in [-0.2, -0.15) is 0 Å². The summed E-state index contributed by atoms with van der Waals surface area (Å²) >= 11 is 0. The van der Waals surface area contributed by atoms with Crippen molar-refractivity contribution in [1.82, 2.24) is 0 Å². The summed E-state index contributed by atoms with van der Waals surface area (Å²) in [6.45, 7) is 10.6. The third kappa shape index (κ3) is 3.70. The molecule has 0 aliphatic heterocycles. The molecule has 0 fully saturated rings. The van der Waals surface area contributed by atoms with Gasteiger partial charge in [0.05, 0.1) is 0 Å². The number of aryl methyl sites for hydroxylation is 2. The maximum Gasteiger partial charge on any atom is -0.000618 e. The second-order valence-corrected chi connectivity index (χ2v) is 4.20. The van der Waals surface area contributed by atoms with Gasteiger partial charge in [0.1, 0.15) is 0 Å². The number of rotatable bonds is 6. The Morgan fingerprint density at radius 1 is 0.933 bits per heavy atom. The van der Waals surface area contributed by atoms with Gasteiger partial charge in [0, 0.05) is 0 Å². The maximum absolute atomic E-state index is 6.16.